The van der Waals surface area contributed by atoms with Crippen LogP contribution in [0.2, 0.25) is 0 Å². The minimum Gasteiger partial charge on any atom is -0.435 e. The van der Waals surface area contributed by atoms with Gasteiger partial charge >= 0.3 is 6.61 Å². The van der Waals surface area contributed by atoms with E-state index in [2.05, 4.69) is 9.73 Å². The van der Waals surface area contributed by atoms with Gasteiger partial charge in [-0.15, -0.1) is 0 Å². The molecular weight excluding hydrogens is 421 g/mol. The number of guanidine groups is 1. The second kappa shape index (κ2) is 8.91. The Hall–Kier alpha value is -3.17. The zero-order chi connectivity index (χ0) is 22.8. The van der Waals surface area contributed by atoms with E-state index in [1.165, 1.54) is 49.5 Å². The van der Waals surface area contributed by atoms with Crippen LogP contribution in [0, 0.1) is 0 Å². The van der Waals surface area contributed by atoms with Gasteiger partial charge < -0.3 is 10.5 Å². The van der Waals surface area contributed by atoms with Crippen LogP contribution in [-0.4, -0.2) is 49.4 Å². The predicted octanol–water partition coefficient (Wildman–Crippen LogP) is 3.51. The molecule has 3 atom stereocenters. The third-order valence-corrected chi connectivity index (χ3v) is 5.05. The van der Waals surface area contributed by atoms with E-state index in [4.69, 9.17) is 5.73 Å². The Morgan fingerprint density at radius 2 is 1.74 bits per heavy atom. The molecule has 0 spiro atoms. The van der Waals surface area contributed by atoms with Crippen molar-refractivity contribution in [1.82, 2.24) is 4.90 Å². The second-order valence-corrected chi connectivity index (χ2v) is 7.04. The predicted molar refractivity (Wildman–Crippen MR) is 104 cm³/mol. The van der Waals surface area contributed by atoms with Crippen LogP contribution in [0.4, 0.5) is 22.0 Å². The lowest BCUT2D eigenvalue weighted by atomic mass is 9.82. The number of rotatable bonds is 8. The Kier molecular flexibility index (Phi) is 6.47. The summed E-state index contributed by atoms with van der Waals surface area (Å²) in [7, 11) is 1.42. The molecule has 1 amide bonds. The summed E-state index contributed by atoms with van der Waals surface area (Å²) >= 11 is 0. The summed E-state index contributed by atoms with van der Waals surface area (Å²) in [5, 5.41) is 0. The Labute approximate surface area is 175 Å². The Morgan fingerprint density at radius 3 is 2.29 bits per heavy atom. The number of halogens is 5. The lowest BCUT2D eigenvalue weighted by Crippen LogP contribution is -2.41. The molecule has 10 heteroatoms. The lowest BCUT2D eigenvalue weighted by Gasteiger charge is -2.27. The molecule has 1 aliphatic heterocycles. The van der Waals surface area contributed by atoms with E-state index in [0.29, 0.717) is 16.7 Å². The molecule has 0 aromatic heterocycles. The summed E-state index contributed by atoms with van der Waals surface area (Å²) in [6.07, 6.45) is -4.72. The van der Waals surface area contributed by atoms with Gasteiger partial charge in [0.1, 0.15) is 18.6 Å². The third kappa shape index (κ3) is 4.33. The molecule has 5 nitrogen and oxygen atoms in total. The molecule has 0 saturated heterocycles. The maximum atomic E-state index is 13.9. The van der Waals surface area contributed by atoms with Gasteiger partial charge in [0, 0.05) is 13.5 Å². The first kappa shape index (κ1) is 22.5. The molecule has 0 fully saturated rings. The number of nitrogens with zero attached hydrogens (tertiary/aromatic N) is 2. The van der Waals surface area contributed by atoms with Gasteiger partial charge in [0.25, 0.3) is 5.91 Å². The number of carbonyl (C=O) groups is 1. The SMILES string of the molecule is CN1C(=O)C(c2ccc(OC(F)F)cc2)(c2cccc(CC(F)C(F)CF)c2)N=C1N. The zero-order valence-electron chi connectivity index (χ0n) is 16.4. The minimum atomic E-state index is -3.01. The molecule has 31 heavy (non-hydrogen) atoms. The Morgan fingerprint density at radius 1 is 1.06 bits per heavy atom. The van der Waals surface area contributed by atoms with Crippen molar-refractivity contribution in [1.29, 1.82) is 0 Å². The van der Waals surface area contributed by atoms with Crippen molar-refractivity contribution in [3.05, 3.63) is 65.2 Å². The van der Waals surface area contributed by atoms with E-state index in [1.54, 1.807) is 6.07 Å². The van der Waals surface area contributed by atoms with E-state index < -0.39 is 43.5 Å². The van der Waals surface area contributed by atoms with Crippen LogP contribution in [-0.2, 0) is 16.8 Å². The topological polar surface area (TPSA) is 67.9 Å². The summed E-state index contributed by atoms with van der Waals surface area (Å²) in [5.74, 6) is -0.708. The van der Waals surface area contributed by atoms with Crippen LogP contribution in [0.15, 0.2) is 53.5 Å². The summed E-state index contributed by atoms with van der Waals surface area (Å²) in [5.41, 5.74) is 5.17. The van der Waals surface area contributed by atoms with Crippen LogP contribution >= 0.6 is 0 Å². The monoisotopic (exact) mass is 441 g/mol. The van der Waals surface area contributed by atoms with Crippen LogP contribution < -0.4 is 10.5 Å². The Balaban J connectivity index is 2.06. The van der Waals surface area contributed by atoms with E-state index >= 15 is 0 Å². The van der Waals surface area contributed by atoms with Crippen LogP contribution in [0.1, 0.15) is 16.7 Å². The minimum absolute atomic E-state index is 0.0760. The molecule has 3 rings (SSSR count). The smallest absolute Gasteiger partial charge is 0.387 e. The fourth-order valence-electron chi connectivity index (χ4n) is 3.43. The van der Waals surface area contributed by atoms with Crippen molar-refractivity contribution < 1.29 is 31.5 Å². The highest BCUT2D eigenvalue weighted by Gasteiger charge is 2.49. The van der Waals surface area contributed by atoms with Gasteiger partial charge in [0.2, 0.25) is 0 Å². The maximum absolute atomic E-state index is 13.9. The average Bonchev–Trinajstić information content (AvgIpc) is 2.98. The van der Waals surface area contributed by atoms with E-state index in [0.717, 1.165) is 4.90 Å². The number of hydrogen-bond donors (Lipinski definition) is 1. The number of alkyl halides is 5. The number of aliphatic imine (C=N–C) groups is 1. The number of benzene rings is 2. The molecule has 2 aromatic rings. The quantitative estimate of drug-likeness (QED) is 0.638. The first-order chi connectivity index (χ1) is 14.7. The largest absolute Gasteiger partial charge is 0.435 e. The van der Waals surface area contributed by atoms with Crippen molar-refractivity contribution >= 4 is 11.9 Å². The van der Waals surface area contributed by atoms with Gasteiger partial charge in [-0.05, 0) is 28.8 Å². The number of amides is 1. The molecule has 3 unspecified atom stereocenters. The summed E-state index contributed by atoms with van der Waals surface area (Å²) in [4.78, 5) is 18.7. The third-order valence-electron chi connectivity index (χ3n) is 5.05. The number of carbonyl (C=O) groups excluding carboxylic acids is 1. The van der Waals surface area contributed by atoms with Gasteiger partial charge in [-0.25, -0.2) is 18.2 Å². The zero-order valence-corrected chi connectivity index (χ0v) is 16.4. The second-order valence-electron chi connectivity index (χ2n) is 7.04. The summed E-state index contributed by atoms with van der Waals surface area (Å²) < 4.78 is 69.0. The van der Waals surface area contributed by atoms with E-state index in [-0.39, 0.29) is 11.7 Å². The normalized spacial score (nSPS) is 20.7. The molecule has 0 saturated carbocycles. The van der Waals surface area contributed by atoms with Gasteiger partial charge in [0.15, 0.2) is 17.7 Å². The first-order valence-corrected chi connectivity index (χ1v) is 9.31. The highest BCUT2D eigenvalue weighted by molar-refractivity contribution is 6.08. The van der Waals surface area contributed by atoms with Gasteiger partial charge in [0.05, 0.1) is 0 Å². The van der Waals surface area contributed by atoms with Crippen molar-refractivity contribution in [2.45, 2.75) is 30.9 Å². The number of hydrogen-bond acceptors (Lipinski definition) is 4. The highest BCUT2D eigenvalue weighted by atomic mass is 19.3. The summed E-state index contributed by atoms with van der Waals surface area (Å²) in [6.45, 7) is -4.45. The van der Waals surface area contributed by atoms with Crippen molar-refractivity contribution in [3.63, 3.8) is 0 Å². The molecule has 0 bridgehead atoms. The van der Waals surface area contributed by atoms with Crippen molar-refractivity contribution in [2.24, 2.45) is 10.7 Å². The summed E-state index contributed by atoms with van der Waals surface area (Å²) in [6, 6.07) is 11.4. The fraction of sp³-hybridized carbons (Fsp3) is 0.333. The first-order valence-electron chi connectivity index (χ1n) is 9.31. The average molecular weight is 441 g/mol. The van der Waals surface area contributed by atoms with E-state index in [1.807, 2.05) is 0 Å². The van der Waals surface area contributed by atoms with Crippen molar-refractivity contribution in [3.8, 4) is 5.75 Å². The number of likely N-dealkylation sites (N-methyl/N-ethyl adjacent to an activating group) is 1. The molecule has 166 valence electrons. The number of ether oxygens (including phenoxy) is 1. The highest BCUT2D eigenvalue weighted by Crippen LogP contribution is 2.40. The van der Waals surface area contributed by atoms with Crippen LogP contribution in [0.5, 0.6) is 5.75 Å². The fourth-order valence-corrected chi connectivity index (χ4v) is 3.43. The Bertz CT molecular complexity index is 970. The van der Waals surface area contributed by atoms with E-state index in [9.17, 15) is 26.7 Å². The van der Waals surface area contributed by atoms with Crippen LogP contribution in [0.25, 0.3) is 0 Å². The lowest BCUT2D eigenvalue weighted by molar-refractivity contribution is -0.129. The number of nitrogens with two attached hydrogens (primary N) is 1. The molecule has 2 N–H and O–H groups in total. The van der Waals surface area contributed by atoms with Gasteiger partial charge in [-0.3, -0.25) is 9.69 Å². The van der Waals surface area contributed by atoms with Crippen molar-refractivity contribution in [2.75, 3.05) is 13.7 Å². The molecular formula is C21H20F5N3O2. The maximum Gasteiger partial charge on any atom is 0.387 e. The standard InChI is InChI=1S/C21H20F5N3O2/c1-29-18(30)21(28-20(29)27,13-5-7-15(8-6-13)31-19(25)26)14-4-2-3-12(9-14)10-16(23)17(24)11-22/h2-9,16-17,19H,10-11H2,1H3,(H2,27,28). The van der Waals surface area contributed by atoms with Crippen LogP contribution in [0.3, 0.4) is 0 Å². The molecule has 2 aromatic carbocycles. The molecule has 1 heterocycles. The molecule has 1 aliphatic rings. The molecule has 0 aliphatic carbocycles. The molecule has 0 radical (unpaired) electrons. The van der Waals surface area contributed by atoms with Gasteiger partial charge in [-0.1, -0.05) is 36.4 Å². The van der Waals surface area contributed by atoms with Gasteiger partial charge in [-0.2, -0.15) is 8.78 Å².